The van der Waals surface area contributed by atoms with E-state index in [1.807, 2.05) is 13.8 Å². The molecule has 0 radical (unpaired) electrons. The van der Waals surface area contributed by atoms with E-state index in [2.05, 4.69) is 26.2 Å². The first-order chi connectivity index (χ1) is 15.8. The van der Waals surface area contributed by atoms with E-state index in [0.717, 1.165) is 0 Å². The predicted octanol–water partition coefficient (Wildman–Crippen LogP) is 2.03. The fourth-order valence-electron chi connectivity index (χ4n) is 3.43. The molecule has 190 valence electrons. The van der Waals surface area contributed by atoms with Crippen molar-refractivity contribution in [1.82, 2.24) is 14.9 Å². The normalized spacial score (nSPS) is 21.6. The molecule has 3 N–H and O–H groups in total. The summed E-state index contributed by atoms with van der Waals surface area (Å²) >= 11 is 3.09. The Morgan fingerprint density at radius 1 is 1.38 bits per heavy atom. The number of carbonyl (C=O) groups is 2. The molecule has 1 saturated heterocycles. The van der Waals surface area contributed by atoms with Gasteiger partial charge in [-0.05, 0) is 44.2 Å². The standard InChI is InChI=1S/C22H32BrN3O8/c1-12(2)8-14(24-21(31)34-22(3,4)5)19(29)33-15-9-17(32-16(15)11-27)26-10-13(6-7-23)18(28)25-20(26)30/h6-7,10,12,14-17,27H,8-9,11H2,1-5H3,(H,24,31)(H,25,28,30)/b7-6+/t14-,15+,16-,17-/m1/s1. The van der Waals surface area contributed by atoms with Crippen molar-refractivity contribution in [2.24, 2.45) is 5.92 Å². The molecule has 11 nitrogen and oxygen atoms in total. The Labute approximate surface area is 205 Å². The van der Waals surface area contributed by atoms with Crippen molar-refractivity contribution in [3.8, 4) is 0 Å². The van der Waals surface area contributed by atoms with E-state index < -0.39 is 60.0 Å². The van der Waals surface area contributed by atoms with Crippen LogP contribution in [0, 0.1) is 5.92 Å². The van der Waals surface area contributed by atoms with Gasteiger partial charge in [0.1, 0.15) is 30.1 Å². The van der Waals surface area contributed by atoms with Crippen LogP contribution in [0.2, 0.25) is 0 Å². The number of aliphatic hydroxyl groups is 1. The molecule has 4 atom stereocenters. The molecule has 0 unspecified atom stereocenters. The van der Waals surface area contributed by atoms with Gasteiger partial charge in [-0.25, -0.2) is 14.4 Å². The van der Waals surface area contributed by atoms with Gasteiger partial charge in [0.25, 0.3) is 5.56 Å². The van der Waals surface area contributed by atoms with Crippen molar-refractivity contribution in [1.29, 1.82) is 0 Å². The molecular formula is C22H32BrN3O8. The highest BCUT2D eigenvalue weighted by molar-refractivity contribution is 9.11. The van der Waals surface area contributed by atoms with Gasteiger partial charge in [0.2, 0.25) is 0 Å². The van der Waals surface area contributed by atoms with E-state index >= 15 is 0 Å². The van der Waals surface area contributed by atoms with Crippen molar-refractivity contribution >= 4 is 34.1 Å². The Kier molecular flexibility index (Phi) is 9.65. The summed E-state index contributed by atoms with van der Waals surface area (Å²) in [6.07, 6.45) is -0.263. The topological polar surface area (TPSA) is 149 Å². The van der Waals surface area contributed by atoms with E-state index in [4.69, 9.17) is 14.2 Å². The zero-order valence-corrected chi connectivity index (χ0v) is 21.5. The third-order valence-corrected chi connectivity index (χ3v) is 5.12. The lowest BCUT2D eigenvalue weighted by atomic mass is 10.0. The number of amides is 1. The lowest BCUT2D eigenvalue weighted by Crippen LogP contribution is -2.46. The van der Waals surface area contributed by atoms with Gasteiger partial charge in [-0.1, -0.05) is 29.8 Å². The Bertz CT molecular complexity index is 1010. The highest BCUT2D eigenvalue weighted by Crippen LogP contribution is 2.30. The third-order valence-electron chi connectivity index (χ3n) is 4.86. The van der Waals surface area contributed by atoms with Gasteiger partial charge >= 0.3 is 17.8 Å². The fourth-order valence-corrected chi connectivity index (χ4v) is 3.71. The van der Waals surface area contributed by atoms with Crippen LogP contribution in [0.4, 0.5) is 4.79 Å². The van der Waals surface area contributed by atoms with Crippen LogP contribution in [0.25, 0.3) is 6.08 Å². The van der Waals surface area contributed by atoms with E-state index in [1.54, 1.807) is 20.8 Å². The van der Waals surface area contributed by atoms with Crippen molar-refractivity contribution in [2.45, 2.75) is 77.5 Å². The van der Waals surface area contributed by atoms with Gasteiger partial charge in [-0.3, -0.25) is 14.3 Å². The molecular weight excluding hydrogens is 514 g/mol. The van der Waals surface area contributed by atoms with E-state index in [0.29, 0.717) is 6.42 Å². The zero-order chi connectivity index (χ0) is 25.6. The lowest BCUT2D eigenvalue weighted by molar-refractivity contribution is -0.156. The van der Waals surface area contributed by atoms with Crippen LogP contribution < -0.4 is 16.6 Å². The fraction of sp³-hybridized carbons (Fsp3) is 0.636. The number of nitrogens with zero attached hydrogens (tertiary/aromatic N) is 1. The first kappa shape index (κ1) is 27.8. The minimum atomic E-state index is -0.972. The van der Waals surface area contributed by atoms with E-state index in [9.17, 15) is 24.3 Å². The maximum atomic E-state index is 12.9. The maximum Gasteiger partial charge on any atom is 0.408 e. The summed E-state index contributed by atoms with van der Waals surface area (Å²) in [6, 6.07) is -0.972. The molecule has 1 aliphatic heterocycles. The number of carbonyl (C=O) groups excluding carboxylic acids is 2. The third kappa shape index (κ3) is 7.81. The number of hydrogen-bond donors (Lipinski definition) is 3. The summed E-state index contributed by atoms with van der Waals surface area (Å²) in [7, 11) is 0. The number of rotatable bonds is 8. The zero-order valence-electron chi connectivity index (χ0n) is 19.9. The molecule has 12 heteroatoms. The number of ether oxygens (including phenoxy) is 3. The van der Waals surface area contributed by atoms with Crippen molar-refractivity contribution < 1.29 is 28.9 Å². The largest absolute Gasteiger partial charge is 0.458 e. The summed E-state index contributed by atoms with van der Waals surface area (Å²) in [6.45, 7) is 8.45. The molecule has 1 aromatic rings. The highest BCUT2D eigenvalue weighted by atomic mass is 79.9. The van der Waals surface area contributed by atoms with Crippen LogP contribution in [0.15, 0.2) is 20.8 Å². The highest BCUT2D eigenvalue weighted by Gasteiger charge is 2.40. The Morgan fingerprint density at radius 3 is 2.62 bits per heavy atom. The minimum Gasteiger partial charge on any atom is -0.458 e. The summed E-state index contributed by atoms with van der Waals surface area (Å²) < 4.78 is 17.8. The van der Waals surface area contributed by atoms with Gasteiger partial charge in [0.05, 0.1) is 12.2 Å². The number of aromatic nitrogens is 2. The second kappa shape index (κ2) is 11.8. The second-order valence-electron chi connectivity index (χ2n) is 9.39. The number of H-pyrrole nitrogens is 1. The molecule has 2 heterocycles. The number of esters is 1. The van der Waals surface area contributed by atoms with Gasteiger partial charge < -0.3 is 24.6 Å². The molecule has 34 heavy (non-hydrogen) atoms. The maximum absolute atomic E-state index is 12.9. The monoisotopic (exact) mass is 545 g/mol. The van der Waals surface area contributed by atoms with E-state index in [-0.39, 0.29) is 17.9 Å². The van der Waals surface area contributed by atoms with Crippen LogP contribution >= 0.6 is 15.9 Å². The average Bonchev–Trinajstić information content (AvgIpc) is 3.10. The van der Waals surface area contributed by atoms with Crippen molar-refractivity contribution in [2.75, 3.05) is 6.61 Å². The Balaban J connectivity index is 2.19. The predicted molar refractivity (Wildman–Crippen MR) is 127 cm³/mol. The summed E-state index contributed by atoms with van der Waals surface area (Å²) in [4.78, 5) is 53.1. The minimum absolute atomic E-state index is 0.0568. The summed E-state index contributed by atoms with van der Waals surface area (Å²) in [5.41, 5.74) is -1.80. The molecule has 0 bridgehead atoms. The molecule has 0 aromatic carbocycles. The van der Waals surface area contributed by atoms with Crippen LogP contribution in [-0.2, 0) is 19.0 Å². The molecule has 0 saturated carbocycles. The first-order valence-corrected chi connectivity index (χ1v) is 11.8. The van der Waals surface area contributed by atoms with Crippen molar-refractivity contribution in [3.05, 3.63) is 37.6 Å². The van der Waals surface area contributed by atoms with Crippen LogP contribution in [0.1, 0.15) is 59.3 Å². The molecule has 0 aliphatic carbocycles. The number of aromatic amines is 1. The summed E-state index contributed by atoms with van der Waals surface area (Å²) in [5, 5.41) is 12.3. The lowest BCUT2D eigenvalue weighted by Gasteiger charge is -2.25. The molecule has 1 amide bonds. The molecule has 1 aromatic heterocycles. The number of hydrogen-bond acceptors (Lipinski definition) is 8. The molecule has 1 aliphatic rings. The van der Waals surface area contributed by atoms with Crippen molar-refractivity contribution in [3.63, 3.8) is 0 Å². The number of alkyl carbamates (subject to hydrolysis) is 1. The second-order valence-corrected chi connectivity index (χ2v) is 9.92. The molecule has 2 rings (SSSR count). The summed E-state index contributed by atoms with van der Waals surface area (Å²) in [5.74, 6) is -0.640. The molecule has 0 spiro atoms. The quantitative estimate of drug-likeness (QED) is 0.420. The van der Waals surface area contributed by atoms with Crippen LogP contribution in [0.3, 0.4) is 0 Å². The number of halogens is 1. The number of nitrogens with one attached hydrogen (secondary N) is 2. The first-order valence-electron chi connectivity index (χ1n) is 10.9. The van der Waals surface area contributed by atoms with Gasteiger partial charge in [0, 0.05) is 12.6 Å². The Morgan fingerprint density at radius 2 is 2.06 bits per heavy atom. The van der Waals surface area contributed by atoms with Gasteiger partial charge in [-0.2, -0.15) is 0 Å². The smallest absolute Gasteiger partial charge is 0.408 e. The Hall–Kier alpha value is -2.44. The van der Waals surface area contributed by atoms with Crippen LogP contribution in [-0.4, -0.2) is 57.2 Å². The van der Waals surface area contributed by atoms with Crippen LogP contribution in [0.5, 0.6) is 0 Å². The van der Waals surface area contributed by atoms with E-state index in [1.165, 1.54) is 21.8 Å². The van der Waals surface area contributed by atoms with Gasteiger partial charge in [-0.15, -0.1) is 0 Å². The SMILES string of the molecule is CC(C)C[C@@H](NC(=O)OC(C)(C)C)C(=O)O[C@H]1C[C@H](n2cc(/C=C/Br)c(=O)[nH]c2=O)O[C@@H]1CO. The number of aliphatic hydroxyl groups excluding tert-OH is 1. The average molecular weight is 546 g/mol. The molecule has 1 fully saturated rings. The van der Waals surface area contributed by atoms with Gasteiger partial charge in [0.15, 0.2) is 0 Å².